The largest absolute Gasteiger partial charge is 0.381 e. The van der Waals surface area contributed by atoms with E-state index in [0.717, 1.165) is 38.7 Å². The molecule has 4 nitrogen and oxygen atoms in total. The molecule has 19 heavy (non-hydrogen) atoms. The number of guanidine groups is 1. The van der Waals surface area contributed by atoms with Crippen LogP contribution in [0.4, 0.5) is 0 Å². The minimum absolute atomic E-state index is 0. The number of hydrogen-bond donors (Lipinski definition) is 2. The lowest BCUT2D eigenvalue weighted by atomic mass is 10.2. The SMILES string of the molecule is CN=C(NCCCOCC(C)C)NCC(C)SC.I. The molecule has 0 saturated heterocycles. The van der Waals surface area contributed by atoms with Crippen LogP contribution in [0.25, 0.3) is 0 Å². The highest BCUT2D eigenvalue weighted by Crippen LogP contribution is 2.02. The van der Waals surface area contributed by atoms with Gasteiger partial charge in [0.2, 0.25) is 0 Å². The van der Waals surface area contributed by atoms with E-state index in [4.69, 9.17) is 4.74 Å². The van der Waals surface area contributed by atoms with Gasteiger partial charge in [0.1, 0.15) is 0 Å². The van der Waals surface area contributed by atoms with Crippen molar-refractivity contribution in [2.24, 2.45) is 10.9 Å². The molecule has 0 aliphatic carbocycles. The average Bonchev–Trinajstić information content (AvgIpc) is 2.36. The molecule has 0 aromatic rings. The smallest absolute Gasteiger partial charge is 0.191 e. The molecule has 0 radical (unpaired) electrons. The lowest BCUT2D eigenvalue weighted by molar-refractivity contribution is 0.108. The van der Waals surface area contributed by atoms with Crippen molar-refractivity contribution in [1.82, 2.24) is 10.6 Å². The summed E-state index contributed by atoms with van der Waals surface area (Å²) in [5.74, 6) is 1.49. The summed E-state index contributed by atoms with van der Waals surface area (Å²) in [6, 6.07) is 0. The molecular formula is C13H30IN3OS. The maximum atomic E-state index is 5.52. The Hall–Kier alpha value is 0.310. The van der Waals surface area contributed by atoms with Crippen LogP contribution in [0.2, 0.25) is 0 Å². The molecule has 0 aromatic heterocycles. The van der Waals surface area contributed by atoms with Gasteiger partial charge in [-0.05, 0) is 18.6 Å². The second-order valence-electron chi connectivity index (χ2n) is 4.75. The van der Waals surface area contributed by atoms with Crippen LogP contribution in [0.5, 0.6) is 0 Å². The predicted octanol–water partition coefficient (Wildman–Crippen LogP) is 2.58. The number of halogens is 1. The Morgan fingerprint density at radius 1 is 1.26 bits per heavy atom. The fourth-order valence-electron chi connectivity index (χ4n) is 1.24. The van der Waals surface area contributed by atoms with Crippen molar-refractivity contribution in [3.8, 4) is 0 Å². The predicted molar refractivity (Wildman–Crippen MR) is 98.0 cm³/mol. The van der Waals surface area contributed by atoms with Crippen molar-refractivity contribution in [2.45, 2.75) is 32.4 Å². The highest BCUT2D eigenvalue weighted by molar-refractivity contribution is 14.0. The summed E-state index contributed by atoms with van der Waals surface area (Å²) in [7, 11) is 1.80. The molecule has 0 spiro atoms. The standard InChI is InChI=1S/C13H29N3OS.HI/c1-11(2)10-17-8-6-7-15-13(14-4)16-9-12(3)18-5;/h11-12H,6-10H2,1-5H3,(H2,14,15,16);1H. The van der Waals surface area contributed by atoms with Gasteiger partial charge < -0.3 is 15.4 Å². The van der Waals surface area contributed by atoms with E-state index in [1.807, 2.05) is 11.8 Å². The van der Waals surface area contributed by atoms with E-state index in [-0.39, 0.29) is 24.0 Å². The van der Waals surface area contributed by atoms with Crippen LogP contribution in [0.1, 0.15) is 27.2 Å². The summed E-state index contributed by atoms with van der Waals surface area (Å²) in [4.78, 5) is 4.18. The van der Waals surface area contributed by atoms with Crippen LogP contribution >= 0.6 is 35.7 Å². The first kappa shape index (κ1) is 21.6. The normalized spacial score (nSPS) is 13.1. The molecule has 0 aliphatic rings. The third-order valence-corrected chi connectivity index (χ3v) is 3.36. The van der Waals surface area contributed by atoms with Crippen molar-refractivity contribution in [1.29, 1.82) is 0 Å². The average molecular weight is 403 g/mol. The zero-order chi connectivity index (χ0) is 13.8. The molecule has 1 unspecified atom stereocenters. The lowest BCUT2D eigenvalue weighted by Crippen LogP contribution is -2.40. The van der Waals surface area contributed by atoms with Gasteiger partial charge in [0, 0.05) is 38.6 Å². The van der Waals surface area contributed by atoms with E-state index in [0.29, 0.717) is 11.2 Å². The molecule has 116 valence electrons. The Balaban J connectivity index is 0. The van der Waals surface area contributed by atoms with Gasteiger partial charge in [-0.25, -0.2) is 0 Å². The van der Waals surface area contributed by atoms with Crippen molar-refractivity contribution in [2.75, 3.05) is 39.6 Å². The quantitative estimate of drug-likeness (QED) is 0.269. The lowest BCUT2D eigenvalue weighted by Gasteiger charge is -2.14. The number of nitrogens with one attached hydrogen (secondary N) is 2. The van der Waals surface area contributed by atoms with Crippen LogP contribution in [-0.4, -0.2) is 50.8 Å². The van der Waals surface area contributed by atoms with E-state index in [9.17, 15) is 0 Å². The van der Waals surface area contributed by atoms with E-state index >= 15 is 0 Å². The van der Waals surface area contributed by atoms with Crippen molar-refractivity contribution in [3.63, 3.8) is 0 Å². The Morgan fingerprint density at radius 2 is 1.95 bits per heavy atom. The monoisotopic (exact) mass is 403 g/mol. The van der Waals surface area contributed by atoms with Gasteiger partial charge in [-0.15, -0.1) is 24.0 Å². The van der Waals surface area contributed by atoms with Gasteiger partial charge in [0.25, 0.3) is 0 Å². The van der Waals surface area contributed by atoms with Crippen LogP contribution < -0.4 is 10.6 Å². The molecule has 0 amide bonds. The molecule has 0 fully saturated rings. The highest BCUT2D eigenvalue weighted by Gasteiger charge is 2.01. The fraction of sp³-hybridized carbons (Fsp3) is 0.923. The van der Waals surface area contributed by atoms with E-state index in [1.54, 1.807) is 7.05 Å². The highest BCUT2D eigenvalue weighted by atomic mass is 127. The third-order valence-electron chi connectivity index (χ3n) is 2.39. The number of thioether (sulfide) groups is 1. The molecule has 0 bridgehead atoms. The number of rotatable bonds is 9. The van der Waals surface area contributed by atoms with Gasteiger partial charge in [-0.2, -0.15) is 11.8 Å². The molecule has 0 heterocycles. The molecule has 0 rings (SSSR count). The summed E-state index contributed by atoms with van der Waals surface area (Å²) in [6.45, 7) is 10.0. The van der Waals surface area contributed by atoms with Gasteiger partial charge >= 0.3 is 0 Å². The first-order chi connectivity index (χ1) is 8.60. The Bertz CT molecular complexity index is 228. The molecule has 0 aliphatic heterocycles. The number of hydrogen-bond acceptors (Lipinski definition) is 3. The summed E-state index contributed by atoms with van der Waals surface area (Å²) in [5, 5.41) is 7.19. The van der Waals surface area contributed by atoms with Gasteiger partial charge in [0.15, 0.2) is 5.96 Å². The summed E-state index contributed by atoms with van der Waals surface area (Å²) < 4.78 is 5.52. The van der Waals surface area contributed by atoms with Crippen molar-refractivity contribution in [3.05, 3.63) is 0 Å². The maximum Gasteiger partial charge on any atom is 0.191 e. The molecule has 2 N–H and O–H groups in total. The topological polar surface area (TPSA) is 45.7 Å². The molecule has 0 saturated carbocycles. The van der Waals surface area contributed by atoms with Crippen LogP contribution in [0.15, 0.2) is 4.99 Å². The summed E-state index contributed by atoms with van der Waals surface area (Å²) in [6.07, 6.45) is 3.13. The summed E-state index contributed by atoms with van der Waals surface area (Å²) in [5.41, 5.74) is 0. The van der Waals surface area contributed by atoms with Crippen LogP contribution in [0, 0.1) is 5.92 Å². The number of aliphatic imine (C=N–C) groups is 1. The second-order valence-corrected chi connectivity index (χ2v) is 6.02. The van der Waals surface area contributed by atoms with Gasteiger partial charge in [0.05, 0.1) is 0 Å². The van der Waals surface area contributed by atoms with Gasteiger partial charge in [-0.3, -0.25) is 4.99 Å². The second kappa shape index (κ2) is 14.7. The molecule has 6 heteroatoms. The van der Waals surface area contributed by atoms with E-state index in [2.05, 4.69) is 42.7 Å². The van der Waals surface area contributed by atoms with Gasteiger partial charge in [-0.1, -0.05) is 20.8 Å². The zero-order valence-corrected chi connectivity index (χ0v) is 16.0. The van der Waals surface area contributed by atoms with Crippen molar-refractivity contribution < 1.29 is 4.74 Å². The summed E-state index contributed by atoms with van der Waals surface area (Å²) >= 11 is 1.85. The van der Waals surface area contributed by atoms with Crippen molar-refractivity contribution >= 4 is 41.7 Å². The Kier molecular flexibility index (Phi) is 16.7. The minimum Gasteiger partial charge on any atom is -0.381 e. The molecule has 1 atom stereocenters. The van der Waals surface area contributed by atoms with E-state index in [1.165, 1.54) is 0 Å². The number of nitrogens with zero attached hydrogens (tertiary/aromatic N) is 1. The zero-order valence-electron chi connectivity index (χ0n) is 12.9. The van der Waals surface area contributed by atoms with Crippen LogP contribution in [0.3, 0.4) is 0 Å². The van der Waals surface area contributed by atoms with Crippen LogP contribution in [-0.2, 0) is 4.74 Å². The number of ether oxygens (including phenoxy) is 1. The minimum atomic E-state index is 0. The maximum absolute atomic E-state index is 5.52. The molecule has 0 aromatic carbocycles. The fourth-order valence-corrected chi connectivity index (χ4v) is 1.49. The molecular weight excluding hydrogens is 373 g/mol. The Labute approximate surface area is 139 Å². The third kappa shape index (κ3) is 14.5. The first-order valence-electron chi connectivity index (χ1n) is 6.65. The van der Waals surface area contributed by atoms with E-state index < -0.39 is 0 Å². The Morgan fingerprint density at radius 3 is 2.47 bits per heavy atom. The first-order valence-corrected chi connectivity index (χ1v) is 7.94.